The molecule has 0 aromatic heterocycles. The van der Waals surface area contributed by atoms with Crippen LogP contribution in [0.5, 0.6) is 5.75 Å². The molecule has 0 radical (unpaired) electrons. The molecule has 0 fully saturated rings. The Hall–Kier alpha value is -3.22. The molecular formula is C27H17BrFIN2O2. The Morgan fingerprint density at radius 3 is 2.59 bits per heavy atom. The minimum atomic E-state index is -0.685. The third kappa shape index (κ3) is 5.46. The highest BCUT2D eigenvalue weighted by Crippen LogP contribution is 2.34. The van der Waals surface area contributed by atoms with Gasteiger partial charge in [0.25, 0.3) is 5.91 Å². The molecule has 0 saturated carbocycles. The van der Waals surface area contributed by atoms with Crippen LogP contribution in [0, 0.1) is 20.7 Å². The van der Waals surface area contributed by atoms with Gasteiger partial charge in [-0.25, -0.2) is 4.39 Å². The maximum atomic E-state index is 13.8. The Morgan fingerprint density at radius 2 is 1.82 bits per heavy atom. The number of benzene rings is 4. The van der Waals surface area contributed by atoms with Gasteiger partial charge in [-0.1, -0.05) is 54.6 Å². The van der Waals surface area contributed by atoms with E-state index in [1.165, 1.54) is 24.3 Å². The standard InChI is InChI=1S/C27H17BrFIN2O2/c28-22-13-17(12-20(15-31)27(33)32-25-11-4-3-10-23(25)29)14-24(30)26(22)34-16-19-8-5-7-18-6-1-2-9-21(18)19/h1-14H,16H2,(H,32,33)/b20-12-. The summed E-state index contributed by atoms with van der Waals surface area (Å²) in [6.07, 6.45) is 1.46. The highest BCUT2D eigenvalue weighted by molar-refractivity contribution is 14.1. The summed E-state index contributed by atoms with van der Waals surface area (Å²) in [6.45, 7) is 0.389. The van der Waals surface area contributed by atoms with Gasteiger partial charge in [0, 0.05) is 0 Å². The lowest BCUT2D eigenvalue weighted by atomic mass is 10.1. The number of para-hydroxylation sites is 1. The number of nitrogens with zero attached hydrogens (tertiary/aromatic N) is 1. The molecular weight excluding hydrogens is 610 g/mol. The summed E-state index contributed by atoms with van der Waals surface area (Å²) in [7, 11) is 0. The lowest BCUT2D eigenvalue weighted by Crippen LogP contribution is -2.14. The first-order valence-corrected chi connectivity index (χ1v) is 12.1. The van der Waals surface area contributed by atoms with E-state index in [-0.39, 0.29) is 11.3 Å². The van der Waals surface area contributed by atoms with Crippen molar-refractivity contribution in [3.63, 3.8) is 0 Å². The zero-order chi connectivity index (χ0) is 24.1. The number of hydrogen-bond donors (Lipinski definition) is 1. The zero-order valence-corrected chi connectivity index (χ0v) is 21.4. The maximum Gasteiger partial charge on any atom is 0.266 e. The van der Waals surface area contributed by atoms with Gasteiger partial charge in [-0.15, -0.1) is 0 Å². The van der Waals surface area contributed by atoms with Crippen molar-refractivity contribution >= 4 is 67.0 Å². The van der Waals surface area contributed by atoms with Crippen molar-refractivity contribution in [1.82, 2.24) is 0 Å². The van der Waals surface area contributed by atoms with E-state index in [2.05, 4.69) is 62.0 Å². The summed E-state index contributed by atoms with van der Waals surface area (Å²) >= 11 is 5.70. The van der Waals surface area contributed by atoms with E-state index >= 15 is 0 Å². The smallest absolute Gasteiger partial charge is 0.266 e. The Labute approximate surface area is 218 Å². The molecule has 4 rings (SSSR count). The van der Waals surface area contributed by atoms with Gasteiger partial charge in [-0.05, 0) is 90.8 Å². The minimum Gasteiger partial charge on any atom is -0.487 e. The fourth-order valence-electron chi connectivity index (χ4n) is 3.44. The molecule has 0 atom stereocenters. The van der Waals surface area contributed by atoms with E-state index in [9.17, 15) is 14.4 Å². The van der Waals surface area contributed by atoms with Crippen LogP contribution in [0.2, 0.25) is 0 Å². The normalized spacial score (nSPS) is 11.2. The SMILES string of the molecule is N#C/C(=C/c1cc(Br)c(OCc2cccc3ccccc23)c(I)c1)C(=O)Nc1ccccc1F. The molecule has 34 heavy (non-hydrogen) atoms. The van der Waals surface area contributed by atoms with E-state index in [1.54, 1.807) is 12.1 Å². The fourth-order valence-corrected chi connectivity index (χ4v) is 5.21. The average molecular weight is 627 g/mol. The molecule has 0 unspecified atom stereocenters. The van der Waals surface area contributed by atoms with E-state index < -0.39 is 11.7 Å². The number of hydrogen-bond acceptors (Lipinski definition) is 3. The van der Waals surface area contributed by atoms with Crippen molar-refractivity contribution < 1.29 is 13.9 Å². The molecule has 0 bridgehead atoms. The second-order valence-corrected chi connectivity index (χ2v) is 9.36. The number of amides is 1. The summed E-state index contributed by atoms with van der Waals surface area (Å²) in [4.78, 5) is 12.5. The third-order valence-corrected chi connectivity index (χ3v) is 6.46. The van der Waals surface area contributed by atoms with Gasteiger partial charge < -0.3 is 10.1 Å². The molecule has 1 amide bonds. The predicted molar refractivity (Wildman–Crippen MR) is 144 cm³/mol. The predicted octanol–water partition coefficient (Wildman–Crippen LogP) is 7.47. The van der Waals surface area contributed by atoms with Crippen LogP contribution in [-0.4, -0.2) is 5.91 Å². The van der Waals surface area contributed by atoms with E-state index in [1.807, 2.05) is 36.4 Å². The van der Waals surface area contributed by atoms with Crippen LogP contribution in [0.1, 0.15) is 11.1 Å². The van der Waals surface area contributed by atoms with E-state index in [4.69, 9.17) is 4.74 Å². The summed E-state index contributed by atoms with van der Waals surface area (Å²) in [5, 5.41) is 14.2. The van der Waals surface area contributed by atoms with Gasteiger partial charge in [0.05, 0.1) is 13.7 Å². The van der Waals surface area contributed by atoms with Crippen LogP contribution < -0.4 is 10.1 Å². The van der Waals surface area contributed by atoms with Gasteiger partial charge in [-0.3, -0.25) is 4.79 Å². The fraction of sp³-hybridized carbons (Fsp3) is 0.0370. The molecule has 4 aromatic rings. The lowest BCUT2D eigenvalue weighted by Gasteiger charge is -2.13. The highest BCUT2D eigenvalue weighted by Gasteiger charge is 2.14. The van der Waals surface area contributed by atoms with Crippen LogP contribution in [0.4, 0.5) is 10.1 Å². The van der Waals surface area contributed by atoms with Crippen LogP contribution in [0.15, 0.2) is 88.9 Å². The number of fused-ring (bicyclic) bond motifs is 1. The number of ether oxygens (including phenoxy) is 1. The van der Waals surface area contributed by atoms with E-state index in [0.717, 1.165) is 19.9 Å². The summed E-state index contributed by atoms with van der Waals surface area (Å²) in [5.74, 6) is -0.590. The minimum absolute atomic E-state index is 0.0154. The Bertz CT molecular complexity index is 1430. The lowest BCUT2D eigenvalue weighted by molar-refractivity contribution is -0.112. The van der Waals surface area contributed by atoms with Crippen molar-refractivity contribution in [1.29, 1.82) is 5.26 Å². The van der Waals surface area contributed by atoms with Crippen LogP contribution in [-0.2, 0) is 11.4 Å². The number of rotatable bonds is 6. The second-order valence-electron chi connectivity index (χ2n) is 7.34. The van der Waals surface area contributed by atoms with Gasteiger partial charge in [-0.2, -0.15) is 5.26 Å². The molecule has 7 heteroatoms. The number of nitriles is 1. The van der Waals surface area contributed by atoms with Gasteiger partial charge >= 0.3 is 0 Å². The second kappa shape index (κ2) is 10.8. The number of nitrogens with one attached hydrogen (secondary N) is 1. The van der Waals surface area contributed by atoms with Crippen molar-refractivity contribution in [3.8, 4) is 11.8 Å². The van der Waals surface area contributed by atoms with Crippen molar-refractivity contribution in [3.05, 3.63) is 109 Å². The van der Waals surface area contributed by atoms with Gasteiger partial charge in [0.15, 0.2) is 0 Å². The first kappa shape index (κ1) is 23.9. The topological polar surface area (TPSA) is 62.1 Å². The maximum absolute atomic E-state index is 13.8. The quantitative estimate of drug-likeness (QED) is 0.137. The zero-order valence-electron chi connectivity index (χ0n) is 17.7. The largest absolute Gasteiger partial charge is 0.487 e. The first-order valence-electron chi connectivity index (χ1n) is 10.2. The molecule has 4 nitrogen and oxygen atoms in total. The molecule has 1 N–H and O–H groups in total. The Balaban J connectivity index is 1.54. The van der Waals surface area contributed by atoms with Crippen molar-refractivity contribution in [2.75, 3.05) is 5.32 Å². The molecule has 0 aliphatic carbocycles. The molecule has 168 valence electrons. The number of carbonyl (C=O) groups excluding carboxylic acids is 1. The monoisotopic (exact) mass is 626 g/mol. The van der Waals surface area contributed by atoms with Crippen LogP contribution >= 0.6 is 38.5 Å². The molecule has 0 aliphatic rings. The number of halogens is 3. The molecule has 4 aromatic carbocycles. The number of anilines is 1. The number of carbonyl (C=O) groups is 1. The first-order chi connectivity index (χ1) is 16.5. The van der Waals surface area contributed by atoms with E-state index in [0.29, 0.717) is 22.4 Å². The molecule has 0 saturated heterocycles. The molecule has 0 heterocycles. The van der Waals surface area contributed by atoms with Gasteiger partial charge in [0.2, 0.25) is 0 Å². The van der Waals surface area contributed by atoms with Crippen LogP contribution in [0.3, 0.4) is 0 Å². The third-order valence-electron chi connectivity index (χ3n) is 5.07. The van der Waals surface area contributed by atoms with Crippen molar-refractivity contribution in [2.24, 2.45) is 0 Å². The Morgan fingerprint density at radius 1 is 1.09 bits per heavy atom. The van der Waals surface area contributed by atoms with Crippen LogP contribution in [0.25, 0.3) is 16.8 Å². The highest BCUT2D eigenvalue weighted by atomic mass is 127. The van der Waals surface area contributed by atoms with Crippen molar-refractivity contribution in [2.45, 2.75) is 6.61 Å². The summed E-state index contributed by atoms with van der Waals surface area (Å²) in [5.41, 5.74) is 1.58. The molecule has 0 spiro atoms. The summed E-state index contributed by atoms with van der Waals surface area (Å²) in [6, 6.07) is 25.5. The average Bonchev–Trinajstić information content (AvgIpc) is 2.83. The van der Waals surface area contributed by atoms with Gasteiger partial charge in [0.1, 0.15) is 29.8 Å². The Kier molecular flexibility index (Phi) is 7.60. The summed E-state index contributed by atoms with van der Waals surface area (Å²) < 4.78 is 21.5. The molecule has 0 aliphatic heterocycles.